The van der Waals surface area contributed by atoms with Crippen molar-refractivity contribution in [3.8, 4) is 0 Å². The van der Waals surface area contributed by atoms with Crippen molar-refractivity contribution < 1.29 is 4.79 Å². The standard InChI is InChI=1S/C16H21N3OS/c1-11-4-3-5-13-15(11)18-16(17-13)12-6-8-19(9-7-12)14(20)10-21-2/h3-5,12H,6-10H2,1-2H3,(H,17,18). The molecule has 2 heterocycles. The van der Waals surface area contributed by atoms with Gasteiger partial charge in [0.2, 0.25) is 5.91 Å². The number of rotatable bonds is 3. The number of piperidine rings is 1. The fourth-order valence-electron chi connectivity index (χ4n) is 3.01. The molecule has 0 bridgehead atoms. The van der Waals surface area contributed by atoms with Crippen LogP contribution in [-0.4, -0.2) is 45.9 Å². The van der Waals surface area contributed by atoms with E-state index in [1.807, 2.05) is 11.2 Å². The van der Waals surface area contributed by atoms with Gasteiger partial charge in [0.25, 0.3) is 0 Å². The third-order valence-electron chi connectivity index (χ3n) is 4.23. The lowest BCUT2D eigenvalue weighted by molar-refractivity contribution is -0.129. The summed E-state index contributed by atoms with van der Waals surface area (Å²) >= 11 is 1.60. The van der Waals surface area contributed by atoms with E-state index in [4.69, 9.17) is 4.98 Å². The molecule has 0 aliphatic carbocycles. The maximum Gasteiger partial charge on any atom is 0.232 e. The predicted octanol–water partition coefficient (Wildman–Crippen LogP) is 2.94. The summed E-state index contributed by atoms with van der Waals surface area (Å²) in [5.74, 6) is 2.38. The molecule has 0 radical (unpaired) electrons. The normalized spacial score (nSPS) is 16.6. The average molecular weight is 303 g/mol. The second-order valence-electron chi connectivity index (χ2n) is 5.68. The largest absolute Gasteiger partial charge is 0.342 e. The molecule has 21 heavy (non-hydrogen) atoms. The summed E-state index contributed by atoms with van der Waals surface area (Å²) in [7, 11) is 0. The molecule has 1 aromatic heterocycles. The summed E-state index contributed by atoms with van der Waals surface area (Å²) in [6.07, 6.45) is 3.97. The number of likely N-dealkylation sites (tertiary alicyclic amines) is 1. The van der Waals surface area contributed by atoms with Gasteiger partial charge in [0.15, 0.2) is 0 Å². The molecule has 1 amide bonds. The Hall–Kier alpha value is -1.49. The SMILES string of the molecule is CSCC(=O)N1CCC(c2nc3c(C)cccc3[nH]2)CC1. The second kappa shape index (κ2) is 6.10. The number of fused-ring (bicyclic) bond motifs is 1. The Balaban J connectivity index is 1.71. The van der Waals surface area contributed by atoms with Crippen molar-refractivity contribution in [1.82, 2.24) is 14.9 Å². The first kappa shape index (κ1) is 14.4. The number of hydrogen-bond acceptors (Lipinski definition) is 3. The predicted molar refractivity (Wildman–Crippen MR) is 87.8 cm³/mol. The van der Waals surface area contributed by atoms with Crippen LogP contribution in [-0.2, 0) is 4.79 Å². The highest BCUT2D eigenvalue weighted by atomic mass is 32.2. The Morgan fingerprint density at radius 3 is 2.86 bits per heavy atom. The molecule has 0 atom stereocenters. The lowest BCUT2D eigenvalue weighted by Gasteiger charge is -2.31. The van der Waals surface area contributed by atoms with Crippen LogP contribution in [0.2, 0.25) is 0 Å². The van der Waals surface area contributed by atoms with Crippen LogP contribution in [0, 0.1) is 6.92 Å². The summed E-state index contributed by atoms with van der Waals surface area (Å²) in [4.78, 5) is 22.1. The van der Waals surface area contributed by atoms with Gasteiger partial charge in [-0.1, -0.05) is 12.1 Å². The molecule has 1 saturated heterocycles. The minimum atomic E-state index is 0.265. The van der Waals surface area contributed by atoms with Crippen molar-refractivity contribution in [3.63, 3.8) is 0 Å². The monoisotopic (exact) mass is 303 g/mol. The summed E-state index contributed by atoms with van der Waals surface area (Å²) in [6.45, 7) is 3.79. The number of carbonyl (C=O) groups is 1. The van der Waals surface area contributed by atoms with Crippen LogP contribution in [0.15, 0.2) is 18.2 Å². The van der Waals surface area contributed by atoms with Crippen molar-refractivity contribution in [3.05, 3.63) is 29.6 Å². The van der Waals surface area contributed by atoms with Gasteiger partial charge in [0.1, 0.15) is 5.82 Å². The smallest absolute Gasteiger partial charge is 0.232 e. The number of hydrogen-bond donors (Lipinski definition) is 1. The third kappa shape index (κ3) is 2.93. The number of aryl methyl sites for hydroxylation is 1. The van der Waals surface area contributed by atoms with Crippen LogP contribution in [0.1, 0.15) is 30.1 Å². The minimum Gasteiger partial charge on any atom is -0.342 e. The number of nitrogens with zero attached hydrogens (tertiary/aromatic N) is 2. The fraction of sp³-hybridized carbons (Fsp3) is 0.500. The first-order chi connectivity index (χ1) is 10.2. The number of imidazole rings is 1. The Morgan fingerprint density at radius 1 is 1.43 bits per heavy atom. The highest BCUT2D eigenvalue weighted by Gasteiger charge is 2.25. The lowest BCUT2D eigenvalue weighted by atomic mass is 9.96. The topological polar surface area (TPSA) is 49.0 Å². The zero-order chi connectivity index (χ0) is 14.8. The number of aromatic amines is 1. The zero-order valence-corrected chi connectivity index (χ0v) is 13.4. The van der Waals surface area contributed by atoms with E-state index in [0.29, 0.717) is 11.7 Å². The van der Waals surface area contributed by atoms with E-state index >= 15 is 0 Å². The zero-order valence-electron chi connectivity index (χ0n) is 12.6. The molecule has 4 nitrogen and oxygen atoms in total. The molecule has 1 aromatic carbocycles. The van der Waals surface area contributed by atoms with E-state index < -0.39 is 0 Å². The Labute approximate surface area is 129 Å². The van der Waals surface area contributed by atoms with Gasteiger partial charge in [-0.25, -0.2) is 4.98 Å². The van der Waals surface area contributed by atoms with Gasteiger partial charge in [-0.05, 0) is 37.7 Å². The number of H-pyrrole nitrogens is 1. The second-order valence-corrected chi connectivity index (χ2v) is 6.55. The van der Waals surface area contributed by atoms with Gasteiger partial charge >= 0.3 is 0 Å². The van der Waals surface area contributed by atoms with Crippen LogP contribution < -0.4 is 0 Å². The van der Waals surface area contributed by atoms with E-state index in [0.717, 1.165) is 42.8 Å². The summed E-state index contributed by atoms with van der Waals surface area (Å²) in [5, 5.41) is 0. The van der Waals surface area contributed by atoms with E-state index in [-0.39, 0.29) is 5.91 Å². The summed E-state index contributed by atoms with van der Waals surface area (Å²) < 4.78 is 0. The number of benzene rings is 1. The Kier molecular flexibility index (Phi) is 4.19. The van der Waals surface area contributed by atoms with Gasteiger partial charge in [0, 0.05) is 19.0 Å². The molecule has 0 saturated carbocycles. The van der Waals surface area contributed by atoms with E-state index in [1.165, 1.54) is 5.56 Å². The van der Waals surface area contributed by atoms with E-state index in [9.17, 15) is 4.79 Å². The molecule has 1 fully saturated rings. The molecule has 1 aliphatic rings. The number of thioether (sulfide) groups is 1. The van der Waals surface area contributed by atoms with Crippen molar-refractivity contribution >= 4 is 28.7 Å². The van der Waals surface area contributed by atoms with E-state index in [2.05, 4.69) is 30.1 Å². The quantitative estimate of drug-likeness (QED) is 0.948. The van der Waals surface area contributed by atoms with Gasteiger partial charge in [-0.15, -0.1) is 0 Å². The number of aromatic nitrogens is 2. The number of amides is 1. The number of nitrogens with one attached hydrogen (secondary N) is 1. The van der Waals surface area contributed by atoms with Gasteiger partial charge in [-0.3, -0.25) is 4.79 Å². The minimum absolute atomic E-state index is 0.265. The molecule has 1 aliphatic heterocycles. The van der Waals surface area contributed by atoms with Crippen molar-refractivity contribution in [2.24, 2.45) is 0 Å². The van der Waals surface area contributed by atoms with Crippen LogP contribution >= 0.6 is 11.8 Å². The molecular formula is C16H21N3OS. The molecule has 1 N–H and O–H groups in total. The maximum atomic E-state index is 11.9. The first-order valence-corrected chi connectivity index (χ1v) is 8.80. The summed E-state index contributed by atoms with van der Waals surface area (Å²) in [5.41, 5.74) is 3.40. The lowest BCUT2D eigenvalue weighted by Crippen LogP contribution is -2.39. The fourth-order valence-corrected chi connectivity index (χ4v) is 3.43. The van der Waals surface area contributed by atoms with Crippen molar-refractivity contribution in [2.75, 3.05) is 25.1 Å². The highest BCUT2D eigenvalue weighted by molar-refractivity contribution is 7.99. The maximum absolute atomic E-state index is 11.9. The van der Waals surface area contributed by atoms with Crippen LogP contribution in [0.5, 0.6) is 0 Å². The van der Waals surface area contributed by atoms with E-state index in [1.54, 1.807) is 11.8 Å². The average Bonchev–Trinajstić information content (AvgIpc) is 2.93. The molecule has 0 spiro atoms. The van der Waals surface area contributed by atoms with Crippen molar-refractivity contribution in [1.29, 1.82) is 0 Å². The highest BCUT2D eigenvalue weighted by Crippen LogP contribution is 2.28. The molecule has 2 aromatic rings. The van der Waals surface area contributed by atoms with Crippen molar-refractivity contribution in [2.45, 2.75) is 25.7 Å². The van der Waals surface area contributed by atoms with Crippen LogP contribution in [0.25, 0.3) is 11.0 Å². The molecule has 112 valence electrons. The number of carbonyl (C=O) groups excluding carboxylic acids is 1. The Bertz CT molecular complexity index is 644. The molecule has 3 rings (SSSR count). The molecule has 5 heteroatoms. The van der Waals surface area contributed by atoms with Crippen LogP contribution in [0.3, 0.4) is 0 Å². The summed E-state index contributed by atoms with van der Waals surface area (Å²) in [6, 6.07) is 6.23. The third-order valence-corrected chi connectivity index (χ3v) is 4.77. The number of para-hydroxylation sites is 1. The first-order valence-electron chi connectivity index (χ1n) is 7.41. The van der Waals surface area contributed by atoms with Crippen LogP contribution in [0.4, 0.5) is 0 Å². The Morgan fingerprint density at radius 2 is 2.19 bits per heavy atom. The van der Waals surface area contributed by atoms with Gasteiger partial charge in [0.05, 0.1) is 16.8 Å². The molecule has 0 unspecified atom stereocenters. The van der Waals surface area contributed by atoms with Gasteiger partial charge < -0.3 is 9.88 Å². The molecular weight excluding hydrogens is 282 g/mol. The van der Waals surface area contributed by atoms with Gasteiger partial charge in [-0.2, -0.15) is 11.8 Å².